The highest BCUT2D eigenvalue weighted by molar-refractivity contribution is 7.90. The van der Waals surface area contributed by atoms with Crippen LogP contribution < -0.4 is 11.1 Å². The highest BCUT2D eigenvalue weighted by atomic mass is 32.2. The summed E-state index contributed by atoms with van der Waals surface area (Å²) >= 11 is 0. The van der Waals surface area contributed by atoms with E-state index in [-0.39, 0.29) is 4.90 Å². The molecule has 4 nitrogen and oxygen atoms in total. The van der Waals surface area contributed by atoms with Crippen molar-refractivity contribution in [2.75, 3.05) is 23.9 Å². The smallest absolute Gasteiger partial charge is 0.175 e. The van der Waals surface area contributed by atoms with Gasteiger partial charge in [0.2, 0.25) is 0 Å². The molecule has 0 bridgehead atoms. The molecule has 1 unspecified atom stereocenters. The Labute approximate surface area is 103 Å². The lowest BCUT2D eigenvalue weighted by Gasteiger charge is -2.13. The standard InChI is InChI=1S/C12H20N2O2S/c1-4-9(2)8-14-12-6-5-10(7-11(12)13)17(3,15)16/h5-7,9,14H,4,8,13H2,1-3H3. The van der Waals surface area contributed by atoms with Gasteiger partial charge in [0.25, 0.3) is 0 Å². The quantitative estimate of drug-likeness (QED) is 0.792. The molecule has 1 aromatic carbocycles. The summed E-state index contributed by atoms with van der Waals surface area (Å²) < 4.78 is 22.7. The summed E-state index contributed by atoms with van der Waals surface area (Å²) in [5.74, 6) is 0.559. The van der Waals surface area contributed by atoms with E-state index < -0.39 is 9.84 Å². The Morgan fingerprint density at radius 3 is 2.53 bits per heavy atom. The molecule has 0 aliphatic carbocycles. The molecule has 1 rings (SSSR count). The Bertz CT molecular complexity index is 483. The van der Waals surface area contributed by atoms with Crippen LogP contribution in [0.4, 0.5) is 11.4 Å². The van der Waals surface area contributed by atoms with Crippen molar-refractivity contribution in [1.29, 1.82) is 0 Å². The molecular formula is C12H20N2O2S. The van der Waals surface area contributed by atoms with E-state index in [1.54, 1.807) is 12.1 Å². The maximum Gasteiger partial charge on any atom is 0.175 e. The third kappa shape index (κ3) is 3.93. The highest BCUT2D eigenvalue weighted by Crippen LogP contribution is 2.22. The number of benzene rings is 1. The van der Waals surface area contributed by atoms with Gasteiger partial charge in [0.1, 0.15) is 0 Å². The van der Waals surface area contributed by atoms with Crippen molar-refractivity contribution in [3.63, 3.8) is 0 Å². The van der Waals surface area contributed by atoms with E-state index in [2.05, 4.69) is 19.2 Å². The van der Waals surface area contributed by atoms with Crippen molar-refractivity contribution in [2.24, 2.45) is 5.92 Å². The third-order valence-corrected chi connectivity index (χ3v) is 3.90. The summed E-state index contributed by atoms with van der Waals surface area (Å²) in [7, 11) is -3.19. The minimum atomic E-state index is -3.19. The fourth-order valence-corrected chi connectivity index (χ4v) is 2.02. The second-order valence-corrected chi connectivity index (χ2v) is 6.43. The molecule has 0 fully saturated rings. The predicted octanol–water partition coefficient (Wildman–Crippen LogP) is 2.13. The van der Waals surface area contributed by atoms with Crippen LogP contribution in [0.25, 0.3) is 0 Å². The Kier molecular flexibility index (Phi) is 4.40. The van der Waals surface area contributed by atoms with Gasteiger partial charge >= 0.3 is 0 Å². The van der Waals surface area contributed by atoms with Crippen molar-refractivity contribution in [3.8, 4) is 0 Å². The van der Waals surface area contributed by atoms with Crippen LogP contribution >= 0.6 is 0 Å². The lowest BCUT2D eigenvalue weighted by Crippen LogP contribution is -2.11. The molecular weight excluding hydrogens is 236 g/mol. The molecule has 3 N–H and O–H groups in total. The molecule has 0 aliphatic heterocycles. The van der Waals surface area contributed by atoms with Gasteiger partial charge in [-0.15, -0.1) is 0 Å². The molecule has 0 amide bonds. The molecule has 0 aromatic heterocycles. The third-order valence-electron chi connectivity index (χ3n) is 2.79. The molecule has 17 heavy (non-hydrogen) atoms. The normalized spacial score (nSPS) is 13.4. The Balaban J connectivity index is 2.84. The van der Waals surface area contributed by atoms with Crippen molar-refractivity contribution >= 4 is 21.2 Å². The molecule has 1 aromatic rings. The molecule has 0 saturated carbocycles. The number of nitrogen functional groups attached to an aromatic ring is 1. The largest absolute Gasteiger partial charge is 0.397 e. The molecule has 0 aliphatic rings. The van der Waals surface area contributed by atoms with Gasteiger partial charge < -0.3 is 11.1 Å². The number of sulfone groups is 1. The van der Waals surface area contributed by atoms with Gasteiger partial charge in [-0.1, -0.05) is 20.3 Å². The van der Waals surface area contributed by atoms with Crippen molar-refractivity contribution < 1.29 is 8.42 Å². The Hall–Kier alpha value is -1.23. The SMILES string of the molecule is CCC(C)CNc1ccc(S(C)(=O)=O)cc1N. The summed E-state index contributed by atoms with van der Waals surface area (Å²) in [5, 5.41) is 3.22. The molecule has 0 heterocycles. The van der Waals surface area contributed by atoms with E-state index in [4.69, 9.17) is 5.73 Å². The number of nitrogens with two attached hydrogens (primary N) is 1. The van der Waals surface area contributed by atoms with Crippen LogP contribution in [0.1, 0.15) is 20.3 Å². The van der Waals surface area contributed by atoms with Crippen LogP contribution in [0.5, 0.6) is 0 Å². The fourth-order valence-electron chi connectivity index (χ4n) is 1.36. The summed E-state index contributed by atoms with van der Waals surface area (Å²) in [6.45, 7) is 5.11. The summed E-state index contributed by atoms with van der Waals surface area (Å²) in [6, 6.07) is 4.78. The van der Waals surface area contributed by atoms with Crippen LogP contribution in [0.15, 0.2) is 23.1 Å². The van der Waals surface area contributed by atoms with E-state index in [0.29, 0.717) is 11.6 Å². The topological polar surface area (TPSA) is 72.2 Å². The fraction of sp³-hybridized carbons (Fsp3) is 0.500. The first-order valence-corrected chi connectivity index (χ1v) is 7.57. The van der Waals surface area contributed by atoms with Crippen LogP contribution in [0.2, 0.25) is 0 Å². The van der Waals surface area contributed by atoms with Crippen LogP contribution in [0, 0.1) is 5.92 Å². The van der Waals surface area contributed by atoms with Crippen LogP contribution in [-0.4, -0.2) is 21.2 Å². The number of rotatable bonds is 5. The molecule has 0 spiro atoms. The summed E-state index contributed by atoms with van der Waals surface area (Å²) in [5.41, 5.74) is 7.08. The lowest BCUT2D eigenvalue weighted by molar-refractivity contribution is 0.593. The van der Waals surface area contributed by atoms with Gasteiger partial charge in [0.05, 0.1) is 16.3 Å². The van der Waals surface area contributed by atoms with E-state index in [0.717, 1.165) is 18.7 Å². The number of anilines is 2. The average Bonchev–Trinajstić information content (AvgIpc) is 2.25. The average molecular weight is 256 g/mol. The molecule has 1 atom stereocenters. The minimum Gasteiger partial charge on any atom is -0.397 e. The first-order chi connectivity index (χ1) is 7.84. The summed E-state index contributed by atoms with van der Waals surface area (Å²) in [6.07, 6.45) is 2.27. The maximum absolute atomic E-state index is 11.3. The first kappa shape index (κ1) is 13.8. The van der Waals surface area contributed by atoms with Crippen molar-refractivity contribution in [1.82, 2.24) is 0 Å². The van der Waals surface area contributed by atoms with E-state index in [9.17, 15) is 8.42 Å². The lowest BCUT2D eigenvalue weighted by atomic mass is 10.1. The monoisotopic (exact) mass is 256 g/mol. The van der Waals surface area contributed by atoms with Gasteiger partial charge in [-0.25, -0.2) is 8.42 Å². The van der Waals surface area contributed by atoms with Gasteiger partial charge in [0, 0.05) is 12.8 Å². The van der Waals surface area contributed by atoms with Gasteiger partial charge in [-0.2, -0.15) is 0 Å². The predicted molar refractivity (Wildman–Crippen MR) is 71.9 cm³/mol. The minimum absolute atomic E-state index is 0.254. The number of nitrogens with one attached hydrogen (secondary N) is 1. The first-order valence-electron chi connectivity index (χ1n) is 5.68. The second kappa shape index (κ2) is 5.40. The zero-order valence-electron chi connectivity index (χ0n) is 10.5. The Morgan fingerprint density at radius 1 is 1.41 bits per heavy atom. The highest BCUT2D eigenvalue weighted by Gasteiger charge is 2.09. The molecule has 0 saturated heterocycles. The molecule has 5 heteroatoms. The van der Waals surface area contributed by atoms with Crippen molar-refractivity contribution in [3.05, 3.63) is 18.2 Å². The second-order valence-electron chi connectivity index (χ2n) is 4.42. The van der Waals surface area contributed by atoms with Crippen molar-refractivity contribution in [2.45, 2.75) is 25.2 Å². The van der Waals surface area contributed by atoms with E-state index in [1.165, 1.54) is 12.3 Å². The zero-order chi connectivity index (χ0) is 13.1. The Morgan fingerprint density at radius 2 is 2.06 bits per heavy atom. The maximum atomic E-state index is 11.3. The molecule has 0 radical (unpaired) electrons. The van der Waals surface area contributed by atoms with Crippen LogP contribution in [-0.2, 0) is 9.84 Å². The summed E-state index contributed by atoms with van der Waals surface area (Å²) in [4.78, 5) is 0.254. The van der Waals surface area contributed by atoms with Crippen LogP contribution in [0.3, 0.4) is 0 Å². The van der Waals surface area contributed by atoms with Gasteiger partial charge in [-0.3, -0.25) is 0 Å². The van der Waals surface area contributed by atoms with E-state index in [1.807, 2.05) is 0 Å². The zero-order valence-corrected chi connectivity index (χ0v) is 11.3. The number of hydrogen-bond acceptors (Lipinski definition) is 4. The van der Waals surface area contributed by atoms with Gasteiger partial charge in [-0.05, 0) is 24.1 Å². The number of hydrogen-bond donors (Lipinski definition) is 2. The molecule has 96 valence electrons. The van der Waals surface area contributed by atoms with E-state index >= 15 is 0 Å². The van der Waals surface area contributed by atoms with Gasteiger partial charge in [0.15, 0.2) is 9.84 Å².